The highest BCUT2D eigenvalue weighted by Gasteiger charge is 2.34. The van der Waals surface area contributed by atoms with Crippen molar-refractivity contribution in [2.45, 2.75) is 25.9 Å². The topological polar surface area (TPSA) is 84.3 Å². The Hall–Kier alpha value is -2.13. The van der Waals surface area contributed by atoms with Crippen LogP contribution in [0, 0.1) is 5.41 Å². The van der Waals surface area contributed by atoms with Crippen LogP contribution in [0.25, 0.3) is 0 Å². The molecular weight excluding hydrogens is 372 g/mol. The molecule has 1 aliphatic heterocycles. The van der Waals surface area contributed by atoms with Crippen molar-refractivity contribution in [3.63, 3.8) is 0 Å². The van der Waals surface area contributed by atoms with Crippen molar-refractivity contribution < 1.29 is 28.1 Å². The number of aliphatic hydroxyl groups is 1. The number of hydrogen-bond donors (Lipinski definition) is 3. The molecule has 1 aromatic rings. The van der Waals surface area contributed by atoms with E-state index >= 15 is 0 Å². The van der Waals surface area contributed by atoms with Gasteiger partial charge in [0.2, 0.25) is 0 Å². The van der Waals surface area contributed by atoms with Crippen molar-refractivity contribution in [1.29, 1.82) is 0 Å². The minimum absolute atomic E-state index is 0.0182. The summed E-state index contributed by atoms with van der Waals surface area (Å²) in [5.74, 6) is 0.925. The molecule has 7 nitrogen and oxygen atoms in total. The van der Waals surface area contributed by atoms with Gasteiger partial charge in [0, 0.05) is 38.8 Å². The number of methoxy groups -OCH3 is 1. The van der Waals surface area contributed by atoms with E-state index in [-0.39, 0.29) is 23.5 Å². The Labute approximate surface area is 164 Å². The van der Waals surface area contributed by atoms with Crippen LogP contribution in [0.4, 0.5) is 8.78 Å². The minimum Gasteiger partial charge on any atom is -0.493 e. The van der Waals surface area contributed by atoms with E-state index in [4.69, 9.17) is 9.47 Å². The molecule has 3 N–H and O–H groups in total. The molecule has 0 aliphatic carbocycles. The molecule has 1 fully saturated rings. The maximum Gasteiger partial charge on any atom is 0.387 e. The Bertz CT molecular complexity index is 638. The van der Waals surface area contributed by atoms with Crippen molar-refractivity contribution in [2.24, 2.45) is 10.4 Å². The van der Waals surface area contributed by atoms with E-state index in [2.05, 4.69) is 20.4 Å². The number of halogens is 2. The molecule has 0 radical (unpaired) electrons. The zero-order valence-corrected chi connectivity index (χ0v) is 16.3. The van der Waals surface area contributed by atoms with Gasteiger partial charge in [-0.3, -0.25) is 4.99 Å². The van der Waals surface area contributed by atoms with Gasteiger partial charge in [-0.05, 0) is 37.0 Å². The van der Waals surface area contributed by atoms with Crippen molar-refractivity contribution in [3.05, 3.63) is 23.8 Å². The Balaban J connectivity index is 1.85. The van der Waals surface area contributed by atoms with Crippen LogP contribution in [0.1, 0.15) is 18.4 Å². The van der Waals surface area contributed by atoms with Crippen LogP contribution in [-0.4, -0.2) is 64.7 Å². The lowest BCUT2D eigenvalue weighted by molar-refractivity contribution is -0.0512. The predicted octanol–water partition coefficient (Wildman–Crippen LogP) is 1.79. The highest BCUT2D eigenvalue weighted by atomic mass is 19.3. The largest absolute Gasteiger partial charge is 0.493 e. The second kappa shape index (κ2) is 11.0. The van der Waals surface area contributed by atoms with Crippen LogP contribution in [0.15, 0.2) is 23.2 Å². The van der Waals surface area contributed by atoms with E-state index in [0.29, 0.717) is 45.1 Å². The number of nitrogens with zero attached hydrogens (tertiary/aromatic N) is 1. The fourth-order valence-electron chi connectivity index (χ4n) is 3.19. The lowest BCUT2D eigenvalue weighted by Gasteiger charge is -2.27. The number of hydrogen-bond acceptors (Lipinski definition) is 5. The SMILES string of the molecule is CN=C(NCCc1ccc(OC)c(OC(F)F)c1)NCC1(CCO)CCOC1. The first-order valence-electron chi connectivity index (χ1n) is 9.27. The quantitative estimate of drug-likeness (QED) is 0.410. The smallest absolute Gasteiger partial charge is 0.387 e. The zero-order valence-electron chi connectivity index (χ0n) is 16.3. The van der Waals surface area contributed by atoms with Gasteiger partial charge >= 0.3 is 6.61 Å². The predicted molar refractivity (Wildman–Crippen MR) is 102 cm³/mol. The third-order valence-corrected chi connectivity index (χ3v) is 4.83. The molecule has 28 heavy (non-hydrogen) atoms. The van der Waals surface area contributed by atoms with Crippen LogP contribution in [-0.2, 0) is 11.2 Å². The van der Waals surface area contributed by atoms with Crippen LogP contribution in [0.3, 0.4) is 0 Å². The summed E-state index contributed by atoms with van der Waals surface area (Å²) in [6, 6.07) is 4.97. The fourth-order valence-corrected chi connectivity index (χ4v) is 3.19. The fraction of sp³-hybridized carbons (Fsp3) is 0.632. The van der Waals surface area contributed by atoms with E-state index in [1.54, 1.807) is 25.2 Å². The van der Waals surface area contributed by atoms with Gasteiger partial charge in [0.05, 0.1) is 13.7 Å². The van der Waals surface area contributed by atoms with Gasteiger partial charge in [-0.15, -0.1) is 0 Å². The molecule has 1 atom stereocenters. The maximum absolute atomic E-state index is 12.5. The summed E-state index contributed by atoms with van der Waals surface area (Å²) in [6.07, 6.45) is 2.17. The van der Waals surface area contributed by atoms with Crippen LogP contribution in [0.5, 0.6) is 11.5 Å². The van der Waals surface area contributed by atoms with Gasteiger partial charge in [0.15, 0.2) is 17.5 Å². The summed E-state index contributed by atoms with van der Waals surface area (Å²) in [7, 11) is 3.09. The number of nitrogens with one attached hydrogen (secondary N) is 2. The molecule has 0 bridgehead atoms. The highest BCUT2D eigenvalue weighted by molar-refractivity contribution is 5.79. The van der Waals surface area contributed by atoms with Crippen molar-refractivity contribution in [1.82, 2.24) is 10.6 Å². The summed E-state index contributed by atoms with van der Waals surface area (Å²) in [5.41, 5.74) is 0.754. The molecule has 0 spiro atoms. The van der Waals surface area contributed by atoms with Gasteiger partial charge < -0.3 is 30.0 Å². The first-order chi connectivity index (χ1) is 13.5. The van der Waals surface area contributed by atoms with E-state index in [0.717, 1.165) is 12.0 Å². The summed E-state index contributed by atoms with van der Waals surface area (Å²) in [6.45, 7) is -0.246. The van der Waals surface area contributed by atoms with Crippen molar-refractivity contribution in [3.8, 4) is 11.5 Å². The first-order valence-corrected chi connectivity index (χ1v) is 9.27. The minimum atomic E-state index is -2.91. The van der Waals surface area contributed by atoms with Gasteiger partial charge in [-0.1, -0.05) is 6.07 Å². The van der Waals surface area contributed by atoms with Crippen molar-refractivity contribution in [2.75, 3.05) is 47.1 Å². The molecular formula is C19H29F2N3O4. The normalized spacial score (nSPS) is 19.7. The van der Waals surface area contributed by atoms with Crippen LogP contribution < -0.4 is 20.1 Å². The van der Waals surface area contributed by atoms with Gasteiger partial charge in [-0.2, -0.15) is 8.78 Å². The number of aliphatic hydroxyl groups excluding tert-OH is 1. The molecule has 1 aromatic carbocycles. The molecule has 0 saturated carbocycles. The third kappa shape index (κ3) is 6.49. The van der Waals surface area contributed by atoms with E-state index in [9.17, 15) is 13.9 Å². The summed E-state index contributed by atoms with van der Waals surface area (Å²) < 4.78 is 40.1. The maximum atomic E-state index is 12.5. The number of aliphatic imine (C=N–C) groups is 1. The zero-order chi connectivity index (χ0) is 20.4. The molecule has 2 rings (SSSR count). The lowest BCUT2D eigenvalue weighted by atomic mass is 9.84. The Morgan fingerprint density at radius 3 is 2.79 bits per heavy atom. The average Bonchev–Trinajstić information content (AvgIpc) is 3.13. The summed E-state index contributed by atoms with van der Waals surface area (Å²) >= 11 is 0. The second-order valence-electron chi connectivity index (χ2n) is 6.74. The van der Waals surface area contributed by atoms with Gasteiger partial charge in [0.1, 0.15) is 0 Å². The molecule has 1 heterocycles. The molecule has 158 valence electrons. The van der Waals surface area contributed by atoms with E-state index in [1.165, 1.54) is 7.11 Å². The van der Waals surface area contributed by atoms with Gasteiger partial charge in [-0.25, -0.2) is 0 Å². The Morgan fingerprint density at radius 2 is 2.18 bits per heavy atom. The number of benzene rings is 1. The van der Waals surface area contributed by atoms with Crippen LogP contribution in [0.2, 0.25) is 0 Å². The second-order valence-corrected chi connectivity index (χ2v) is 6.74. The molecule has 1 unspecified atom stereocenters. The number of guanidine groups is 1. The van der Waals surface area contributed by atoms with E-state index < -0.39 is 6.61 Å². The molecule has 0 aromatic heterocycles. The number of alkyl halides is 2. The Morgan fingerprint density at radius 1 is 1.36 bits per heavy atom. The summed E-state index contributed by atoms with van der Waals surface area (Å²) in [5, 5.41) is 15.8. The monoisotopic (exact) mass is 401 g/mol. The third-order valence-electron chi connectivity index (χ3n) is 4.83. The highest BCUT2D eigenvalue weighted by Crippen LogP contribution is 2.31. The van der Waals surface area contributed by atoms with E-state index in [1.807, 2.05) is 0 Å². The van der Waals surface area contributed by atoms with Crippen LogP contribution >= 0.6 is 0 Å². The Kier molecular flexibility index (Phi) is 8.72. The molecule has 1 aliphatic rings. The number of ether oxygens (including phenoxy) is 3. The first kappa shape index (κ1) is 22.2. The molecule has 1 saturated heterocycles. The number of rotatable bonds is 10. The molecule has 0 amide bonds. The standard InChI is InChI=1S/C19H29F2N3O4/c1-22-18(24-12-19(6-9-25)7-10-27-13-19)23-8-5-14-3-4-15(26-2)16(11-14)28-17(20)21/h3-4,11,17,25H,5-10,12-13H2,1-2H3,(H2,22,23,24). The molecule has 9 heteroatoms. The van der Waals surface area contributed by atoms with Crippen molar-refractivity contribution >= 4 is 5.96 Å². The van der Waals surface area contributed by atoms with Gasteiger partial charge in [0.25, 0.3) is 0 Å². The average molecular weight is 401 g/mol. The lowest BCUT2D eigenvalue weighted by Crippen LogP contribution is -2.45. The summed E-state index contributed by atoms with van der Waals surface area (Å²) in [4.78, 5) is 4.20.